The van der Waals surface area contributed by atoms with Crippen LogP contribution in [0, 0.1) is 5.92 Å². The molecule has 0 spiro atoms. The lowest BCUT2D eigenvalue weighted by atomic mass is 9.99. The minimum absolute atomic E-state index is 0.0152. The maximum atomic E-state index is 12.2. The van der Waals surface area contributed by atoms with Crippen molar-refractivity contribution >= 4 is 0 Å². The van der Waals surface area contributed by atoms with Gasteiger partial charge >= 0.3 is 6.18 Å². The molecule has 1 aliphatic heterocycles. The maximum Gasteiger partial charge on any atom is 0.440 e. The zero-order valence-corrected chi connectivity index (χ0v) is 7.76. The SMILES string of the molecule is CC1OC(C(F)(F)F)OC(C)C1C. The summed E-state index contributed by atoms with van der Waals surface area (Å²) < 4.78 is 45.9. The molecule has 2 nitrogen and oxygen atoms in total. The van der Waals surface area contributed by atoms with Gasteiger partial charge in [0.2, 0.25) is 0 Å². The Morgan fingerprint density at radius 2 is 1.31 bits per heavy atom. The van der Waals surface area contributed by atoms with Crippen LogP contribution in [0.15, 0.2) is 0 Å². The Morgan fingerprint density at radius 1 is 0.923 bits per heavy atom. The van der Waals surface area contributed by atoms with Crippen molar-refractivity contribution in [3.05, 3.63) is 0 Å². The van der Waals surface area contributed by atoms with Crippen molar-refractivity contribution in [2.24, 2.45) is 5.92 Å². The second kappa shape index (κ2) is 3.46. The molecule has 0 amide bonds. The van der Waals surface area contributed by atoms with Crippen molar-refractivity contribution in [1.29, 1.82) is 0 Å². The zero-order valence-electron chi connectivity index (χ0n) is 7.76. The summed E-state index contributed by atoms with van der Waals surface area (Å²) >= 11 is 0. The molecule has 0 aliphatic carbocycles. The van der Waals surface area contributed by atoms with Crippen molar-refractivity contribution in [3.63, 3.8) is 0 Å². The molecule has 0 saturated carbocycles. The summed E-state index contributed by atoms with van der Waals surface area (Å²) in [6.45, 7) is 5.06. The van der Waals surface area contributed by atoms with E-state index in [-0.39, 0.29) is 5.92 Å². The largest absolute Gasteiger partial charge is 0.440 e. The minimum atomic E-state index is -4.43. The topological polar surface area (TPSA) is 18.5 Å². The van der Waals surface area contributed by atoms with Crippen LogP contribution in [-0.4, -0.2) is 24.7 Å². The number of halogens is 3. The molecule has 0 N–H and O–H groups in total. The van der Waals surface area contributed by atoms with Gasteiger partial charge in [0.25, 0.3) is 6.29 Å². The molecular weight excluding hydrogens is 185 g/mol. The molecule has 5 heteroatoms. The molecule has 0 aromatic heterocycles. The van der Waals surface area contributed by atoms with Gasteiger partial charge in [0, 0.05) is 5.92 Å². The molecule has 0 aromatic rings. The summed E-state index contributed by atoms with van der Waals surface area (Å²) in [4.78, 5) is 0. The van der Waals surface area contributed by atoms with Gasteiger partial charge < -0.3 is 9.47 Å². The van der Waals surface area contributed by atoms with Gasteiger partial charge in [-0.15, -0.1) is 0 Å². The third-order valence-corrected chi connectivity index (χ3v) is 2.42. The van der Waals surface area contributed by atoms with E-state index in [1.54, 1.807) is 13.8 Å². The monoisotopic (exact) mass is 198 g/mol. The van der Waals surface area contributed by atoms with Crippen LogP contribution in [0.3, 0.4) is 0 Å². The van der Waals surface area contributed by atoms with Gasteiger partial charge in [-0.3, -0.25) is 0 Å². The van der Waals surface area contributed by atoms with E-state index in [9.17, 15) is 13.2 Å². The fourth-order valence-corrected chi connectivity index (χ4v) is 1.21. The molecule has 1 rings (SSSR count). The lowest BCUT2D eigenvalue weighted by Gasteiger charge is -2.38. The van der Waals surface area contributed by atoms with E-state index in [2.05, 4.69) is 9.47 Å². The molecule has 0 bridgehead atoms. The molecule has 2 atom stereocenters. The molecule has 2 unspecified atom stereocenters. The molecule has 78 valence electrons. The van der Waals surface area contributed by atoms with Crippen LogP contribution in [0.2, 0.25) is 0 Å². The van der Waals surface area contributed by atoms with Crippen molar-refractivity contribution in [2.75, 3.05) is 0 Å². The van der Waals surface area contributed by atoms with Crippen LogP contribution in [0.25, 0.3) is 0 Å². The third kappa shape index (κ3) is 2.34. The predicted octanol–water partition coefficient (Wildman–Crippen LogP) is 2.33. The van der Waals surface area contributed by atoms with E-state index >= 15 is 0 Å². The molecule has 1 heterocycles. The van der Waals surface area contributed by atoms with Crippen LogP contribution < -0.4 is 0 Å². The Kier molecular flexibility index (Phi) is 2.87. The normalized spacial score (nSPS) is 42.0. The summed E-state index contributed by atoms with van der Waals surface area (Å²) in [5.74, 6) is -0.0152. The van der Waals surface area contributed by atoms with Crippen molar-refractivity contribution < 1.29 is 22.6 Å². The predicted molar refractivity (Wildman–Crippen MR) is 40.1 cm³/mol. The van der Waals surface area contributed by atoms with E-state index in [1.165, 1.54) is 0 Å². The molecule has 0 radical (unpaired) electrons. The maximum absolute atomic E-state index is 12.2. The second-order valence-corrected chi connectivity index (χ2v) is 3.42. The molecular formula is C8H13F3O2. The average molecular weight is 198 g/mol. The average Bonchev–Trinajstić information content (AvgIpc) is 1.97. The summed E-state index contributed by atoms with van der Waals surface area (Å²) in [7, 11) is 0. The number of hydrogen-bond donors (Lipinski definition) is 0. The van der Waals surface area contributed by atoms with Gasteiger partial charge in [0.05, 0.1) is 12.2 Å². The lowest BCUT2D eigenvalue weighted by Crippen LogP contribution is -2.48. The van der Waals surface area contributed by atoms with Gasteiger partial charge in [-0.25, -0.2) is 0 Å². The first-order chi connectivity index (χ1) is 5.82. The Bertz CT molecular complexity index is 169. The standard InChI is InChI=1S/C8H13F3O2/c1-4-5(2)12-7(8(9,10)11)13-6(4)3/h4-7H,1-3H3. The van der Waals surface area contributed by atoms with Gasteiger partial charge in [-0.05, 0) is 13.8 Å². The first-order valence-electron chi connectivity index (χ1n) is 4.20. The Hall–Kier alpha value is -0.290. The van der Waals surface area contributed by atoms with Crippen LogP contribution >= 0.6 is 0 Å². The molecule has 1 saturated heterocycles. The van der Waals surface area contributed by atoms with Crippen LogP contribution in [0.1, 0.15) is 20.8 Å². The minimum Gasteiger partial charge on any atom is -0.342 e. The van der Waals surface area contributed by atoms with E-state index < -0.39 is 24.7 Å². The highest BCUT2D eigenvalue weighted by atomic mass is 19.4. The highest BCUT2D eigenvalue weighted by molar-refractivity contribution is 4.76. The number of alkyl halides is 3. The Morgan fingerprint density at radius 3 is 1.62 bits per heavy atom. The number of rotatable bonds is 0. The molecule has 13 heavy (non-hydrogen) atoms. The van der Waals surface area contributed by atoms with E-state index in [1.807, 2.05) is 6.92 Å². The quantitative estimate of drug-likeness (QED) is 0.594. The van der Waals surface area contributed by atoms with Crippen molar-refractivity contribution in [3.8, 4) is 0 Å². The van der Waals surface area contributed by atoms with Gasteiger partial charge in [0.15, 0.2) is 0 Å². The van der Waals surface area contributed by atoms with Crippen LogP contribution in [0.4, 0.5) is 13.2 Å². The van der Waals surface area contributed by atoms with Gasteiger partial charge in [0.1, 0.15) is 0 Å². The Balaban J connectivity index is 2.64. The smallest absolute Gasteiger partial charge is 0.342 e. The lowest BCUT2D eigenvalue weighted by molar-refractivity contribution is -0.363. The summed E-state index contributed by atoms with van der Waals surface area (Å²) in [6.07, 6.45) is -7.33. The first-order valence-corrected chi connectivity index (χ1v) is 4.20. The fraction of sp³-hybridized carbons (Fsp3) is 1.00. The highest BCUT2D eigenvalue weighted by Gasteiger charge is 2.47. The van der Waals surface area contributed by atoms with Gasteiger partial charge in [-0.1, -0.05) is 6.92 Å². The van der Waals surface area contributed by atoms with Crippen molar-refractivity contribution in [2.45, 2.75) is 45.4 Å². The van der Waals surface area contributed by atoms with E-state index in [0.717, 1.165) is 0 Å². The highest BCUT2D eigenvalue weighted by Crippen LogP contribution is 2.33. The Labute approximate surface area is 75.0 Å². The van der Waals surface area contributed by atoms with Gasteiger partial charge in [-0.2, -0.15) is 13.2 Å². The molecule has 1 fully saturated rings. The second-order valence-electron chi connectivity index (χ2n) is 3.42. The van der Waals surface area contributed by atoms with E-state index in [0.29, 0.717) is 0 Å². The van der Waals surface area contributed by atoms with Crippen LogP contribution in [-0.2, 0) is 9.47 Å². The third-order valence-electron chi connectivity index (χ3n) is 2.42. The molecule has 0 aromatic carbocycles. The van der Waals surface area contributed by atoms with Crippen LogP contribution in [0.5, 0.6) is 0 Å². The summed E-state index contributed by atoms with van der Waals surface area (Å²) in [6, 6.07) is 0. The summed E-state index contributed by atoms with van der Waals surface area (Å²) in [5.41, 5.74) is 0. The van der Waals surface area contributed by atoms with Crippen molar-refractivity contribution in [1.82, 2.24) is 0 Å². The number of hydrogen-bond acceptors (Lipinski definition) is 2. The fourth-order valence-electron chi connectivity index (χ4n) is 1.21. The molecule has 1 aliphatic rings. The zero-order chi connectivity index (χ0) is 10.2. The van der Waals surface area contributed by atoms with E-state index in [4.69, 9.17) is 0 Å². The number of ether oxygens (including phenoxy) is 2. The summed E-state index contributed by atoms with van der Waals surface area (Å²) in [5, 5.41) is 0. The first kappa shape index (κ1) is 10.8.